The van der Waals surface area contributed by atoms with E-state index in [-0.39, 0.29) is 74.4 Å². The zero-order chi connectivity index (χ0) is 51.2. The van der Waals surface area contributed by atoms with E-state index in [1.54, 1.807) is 76.2 Å². The Morgan fingerprint density at radius 1 is 0.620 bits per heavy atom. The summed E-state index contributed by atoms with van der Waals surface area (Å²) in [6.45, 7) is 7.22. The Balaban J connectivity index is 0.000000304. The molecule has 0 spiro atoms. The molecule has 6 N–H and O–H groups in total. The van der Waals surface area contributed by atoms with Crippen LogP contribution in [0.4, 0.5) is 8.78 Å². The second kappa shape index (κ2) is 26.4. The highest BCUT2D eigenvalue weighted by Gasteiger charge is 2.38. The normalized spacial score (nSPS) is 13.5. The van der Waals surface area contributed by atoms with Crippen LogP contribution in [0, 0.1) is 22.5 Å². The summed E-state index contributed by atoms with van der Waals surface area (Å²) >= 11 is 12.0. The van der Waals surface area contributed by atoms with Gasteiger partial charge in [0, 0.05) is 46.5 Å². The molecule has 0 saturated carbocycles. The number of amides is 2. The van der Waals surface area contributed by atoms with Gasteiger partial charge in [-0.05, 0) is 112 Å². The Morgan fingerprint density at radius 2 is 0.972 bits per heavy atom. The van der Waals surface area contributed by atoms with Crippen molar-refractivity contribution in [2.75, 3.05) is 26.4 Å². The summed E-state index contributed by atoms with van der Waals surface area (Å²) in [7, 11) is 0. The molecule has 0 aliphatic rings. The average Bonchev–Trinajstić information content (AvgIpc) is 3.98. The van der Waals surface area contributed by atoms with Gasteiger partial charge in [0.25, 0.3) is 22.9 Å². The number of aromatic amines is 2. The van der Waals surface area contributed by atoms with Crippen molar-refractivity contribution in [1.82, 2.24) is 20.9 Å². The third-order valence-corrected chi connectivity index (χ3v) is 11.7. The van der Waals surface area contributed by atoms with Gasteiger partial charge in [0.2, 0.25) is 11.5 Å². The van der Waals surface area contributed by atoms with Crippen molar-refractivity contribution in [3.8, 4) is 22.3 Å². The van der Waals surface area contributed by atoms with Crippen LogP contribution in [0.1, 0.15) is 72.8 Å². The van der Waals surface area contributed by atoms with Gasteiger partial charge in [0.05, 0.1) is 36.2 Å². The Kier molecular flexibility index (Phi) is 21.3. The van der Waals surface area contributed by atoms with E-state index in [9.17, 15) is 47.8 Å². The molecular weight excluding hydrogens is 1080 g/mol. The fourth-order valence-corrected chi connectivity index (χ4v) is 7.80. The number of aliphatic carboxylic acids is 2. The van der Waals surface area contributed by atoms with E-state index in [1.165, 1.54) is 36.4 Å². The molecule has 380 valence electrons. The number of carbonyl (C=O) groups excluding carboxylic acids is 2. The van der Waals surface area contributed by atoms with Crippen LogP contribution in [0.25, 0.3) is 22.3 Å². The highest BCUT2D eigenvalue weighted by Crippen LogP contribution is 2.31. The first-order valence-corrected chi connectivity index (χ1v) is 22.7. The molecule has 6 aromatic rings. The number of rotatable bonds is 22. The molecule has 2 amide bonds. The predicted molar refractivity (Wildman–Crippen MR) is 271 cm³/mol. The second-order valence-electron chi connectivity index (χ2n) is 17.0. The van der Waals surface area contributed by atoms with Crippen molar-refractivity contribution < 1.29 is 56.7 Å². The van der Waals surface area contributed by atoms with E-state index < -0.39 is 69.4 Å². The lowest BCUT2D eigenvalue weighted by atomic mass is 9.82. The maximum absolute atomic E-state index is 14.2. The molecule has 16 nitrogen and oxygen atoms in total. The second-order valence-corrected chi connectivity index (χ2v) is 17.8. The number of carbonyl (C=O) groups is 4. The molecule has 0 bridgehead atoms. The first-order chi connectivity index (χ1) is 33.2. The number of carboxylic acids is 2. The molecule has 0 aliphatic carbocycles. The SMILES string of the molecule is CCOC[C@](C)(C[C@@H](Cc1ccc(-c2cc(Cl)ccc2F)cc1)NC(=O)c1cc(=O)[nH]o1)C(=O)O.CCOC[C@](C)(C[C@@H](Cc1ccc(-c2cc(Cl)ccc2F)cc1)NC(=O)c1cc(=O)[nH]o1)C(=O)O.I. The van der Waals surface area contributed by atoms with Crippen LogP contribution in [0.2, 0.25) is 10.0 Å². The van der Waals surface area contributed by atoms with Crippen molar-refractivity contribution in [3.63, 3.8) is 0 Å². The molecule has 0 unspecified atom stereocenters. The molecule has 0 saturated heterocycles. The number of H-pyrrole nitrogens is 2. The lowest BCUT2D eigenvalue weighted by Gasteiger charge is -2.30. The van der Waals surface area contributed by atoms with Crippen molar-refractivity contribution in [3.05, 3.63) is 162 Å². The predicted octanol–water partition coefficient (Wildman–Crippen LogP) is 9.19. The Morgan fingerprint density at radius 3 is 1.27 bits per heavy atom. The number of hydrogen-bond acceptors (Lipinski definition) is 10. The summed E-state index contributed by atoms with van der Waals surface area (Å²) in [4.78, 5) is 72.0. The lowest BCUT2D eigenvalue weighted by Crippen LogP contribution is -2.44. The number of carboxylic acid groups (broad SMARTS) is 2. The zero-order valence-electron chi connectivity index (χ0n) is 38.9. The topological polar surface area (TPSA) is 243 Å². The van der Waals surface area contributed by atoms with Crippen molar-refractivity contribution in [2.24, 2.45) is 10.8 Å². The van der Waals surface area contributed by atoms with Crippen molar-refractivity contribution >= 4 is 70.9 Å². The molecule has 0 aliphatic heterocycles. The van der Waals surface area contributed by atoms with Gasteiger partial charge in [0.1, 0.15) is 11.6 Å². The van der Waals surface area contributed by atoms with Crippen LogP contribution in [0.15, 0.2) is 116 Å². The van der Waals surface area contributed by atoms with E-state index >= 15 is 0 Å². The molecular formula is C50H53Cl2F2IN4O12. The minimum atomic E-state index is -1.28. The van der Waals surface area contributed by atoms with Crippen LogP contribution in [-0.4, -0.2) is 82.8 Å². The fourth-order valence-electron chi connectivity index (χ4n) is 7.46. The smallest absolute Gasteiger partial charge is 0.311 e. The van der Waals surface area contributed by atoms with Crippen LogP contribution in [-0.2, 0) is 31.9 Å². The fraction of sp³-hybridized carbons (Fsp3) is 0.320. The minimum absolute atomic E-state index is 0. The quantitative estimate of drug-likeness (QED) is 0.0349. The summed E-state index contributed by atoms with van der Waals surface area (Å²) in [6.07, 6.45) is 0.641. The summed E-state index contributed by atoms with van der Waals surface area (Å²) in [5.41, 5.74) is -0.191. The maximum Gasteiger partial charge on any atom is 0.311 e. The van der Waals surface area contributed by atoms with Crippen LogP contribution < -0.4 is 21.8 Å². The summed E-state index contributed by atoms with van der Waals surface area (Å²) in [5, 5.41) is 30.1. The Hall–Kier alpha value is -6.13. The first-order valence-electron chi connectivity index (χ1n) is 21.9. The van der Waals surface area contributed by atoms with Gasteiger partial charge in [-0.25, -0.2) is 8.78 Å². The highest BCUT2D eigenvalue weighted by atomic mass is 127. The third-order valence-electron chi connectivity index (χ3n) is 11.2. The molecule has 6 rings (SSSR count). The van der Waals surface area contributed by atoms with Crippen LogP contribution in [0.5, 0.6) is 0 Å². The summed E-state index contributed by atoms with van der Waals surface area (Å²) in [5.74, 6) is -4.69. The molecule has 2 aromatic heterocycles. The van der Waals surface area contributed by atoms with Gasteiger partial charge in [-0.2, -0.15) is 10.3 Å². The first kappa shape index (κ1) is 57.4. The van der Waals surface area contributed by atoms with Gasteiger partial charge in [0.15, 0.2) is 0 Å². The van der Waals surface area contributed by atoms with Gasteiger partial charge in [-0.3, -0.25) is 28.8 Å². The van der Waals surface area contributed by atoms with E-state index in [2.05, 4.69) is 20.9 Å². The number of halogens is 5. The molecule has 4 atom stereocenters. The van der Waals surface area contributed by atoms with Gasteiger partial charge in [-0.15, -0.1) is 24.0 Å². The van der Waals surface area contributed by atoms with Crippen LogP contribution >= 0.6 is 47.2 Å². The standard InChI is InChI=1S/2C25H26ClFN2O6.HI/c2*1-3-34-14-25(2,24(32)33)13-18(28-23(31)21-12-22(30)29-35-21)10-15-4-6-16(7-5-15)19-11-17(26)8-9-20(19)27;/h2*4-9,11-12,18H,3,10,13-14H2,1-2H3,(H,28,31)(H,29,30)(H,32,33);1H/t2*18-,25+;/m11./s1. The largest absolute Gasteiger partial charge is 0.481 e. The van der Waals surface area contributed by atoms with Gasteiger partial charge in [-0.1, -0.05) is 71.7 Å². The molecule has 21 heteroatoms. The number of aromatic nitrogens is 2. The maximum atomic E-state index is 14.2. The Bertz CT molecular complexity index is 2680. The Labute approximate surface area is 433 Å². The van der Waals surface area contributed by atoms with Crippen LogP contribution in [0.3, 0.4) is 0 Å². The van der Waals surface area contributed by atoms with E-state index in [4.69, 9.17) is 41.7 Å². The van der Waals surface area contributed by atoms with E-state index in [1.807, 2.05) is 0 Å². The molecule has 71 heavy (non-hydrogen) atoms. The van der Waals surface area contributed by atoms with E-state index in [0.717, 1.165) is 23.3 Å². The monoisotopic (exact) mass is 1140 g/mol. The molecule has 0 radical (unpaired) electrons. The third kappa shape index (κ3) is 16.5. The number of hydrogen-bond donors (Lipinski definition) is 6. The van der Waals surface area contributed by atoms with Crippen molar-refractivity contribution in [2.45, 2.75) is 65.5 Å². The van der Waals surface area contributed by atoms with E-state index in [0.29, 0.717) is 45.5 Å². The summed E-state index contributed by atoms with van der Waals surface area (Å²) < 4.78 is 49.0. The number of nitrogens with one attached hydrogen (secondary N) is 4. The number of benzene rings is 4. The molecule has 2 heterocycles. The lowest BCUT2D eigenvalue weighted by molar-refractivity contribution is -0.153. The van der Waals surface area contributed by atoms with Crippen molar-refractivity contribution in [1.29, 1.82) is 0 Å². The number of ether oxygens (including phenoxy) is 2. The minimum Gasteiger partial charge on any atom is -0.481 e. The average molecular weight is 1140 g/mol. The summed E-state index contributed by atoms with van der Waals surface area (Å²) in [6, 6.07) is 23.3. The zero-order valence-corrected chi connectivity index (χ0v) is 42.8. The molecule has 4 aromatic carbocycles. The molecule has 0 fully saturated rings. The highest BCUT2D eigenvalue weighted by molar-refractivity contribution is 14.0. The van der Waals surface area contributed by atoms with Gasteiger partial charge >= 0.3 is 11.9 Å². The van der Waals surface area contributed by atoms with Gasteiger partial charge < -0.3 is 39.4 Å².